The first-order chi connectivity index (χ1) is 6.83. The van der Waals surface area contributed by atoms with Gasteiger partial charge in [-0.05, 0) is 17.7 Å². The lowest BCUT2D eigenvalue weighted by Crippen LogP contribution is -2.12. The molecule has 0 spiro atoms. The van der Waals surface area contributed by atoms with Gasteiger partial charge in [0.2, 0.25) is 0 Å². The lowest BCUT2D eigenvalue weighted by Gasteiger charge is -1.97. The molecule has 14 heavy (non-hydrogen) atoms. The number of carbonyl (C=O) groups is 1. The van der Waals surface area contributed by atoms with Crippen LogP contribution >= 0.6 is 0 Å². The molecule has 1 aliphatic rings. The number of benzene rings is 1. The topological polar surface area (TPSA) is 55.1 Å². The summed E-state index contributed by atoms with van der Waals surface area (Å²) < 4.78 is 0. The Morgan fingerprint density at radius 1 is 1.50 bits per heavy atom. The number of carbonyl (C=O) groups excluding carboxylic acids is 1. The fourth-order valence-electron chi connectivity index (χ4n) is 1.52. The number of fused-ring (bicyclic) bond motifs is 1. The van der Waals surface area contributed by atoms with Crippen molar-refractivity contribution in [3.8, 4) is 11.8 Å². The Morgan fingerprint density at radius 2 is 2.36 bits per heavy atom. The molecule has 0 saturated carbocycles. The van der Waals surface area contributed by atoms with Crippen molar-refractivity contribution in [1.29, 1.82) is 0 Å². The summed E-state index contributed by atoms with van der Waals surface area (Å²) >= 11 is 0. The van der Waals surface area contributed by atoms with Gasteiger partial charge >= 0.3 is 0 Å². The molecule has 2 rings (SSSR count). The van der Waals surface area contributed by atoms with Crippen LogP contribution in [0.2, 0.25) is 0 Å². The molecule has 0 bridgehead atoms. The van der Waals surface area contributed by atoms with Crippen LogP contribution in [0.4, 0.5) is 0 Å². The van der Waals surface area contributed by atoms with Gasteiger partial charge in [-0.1, -0.05) is 17.9 Å². The van der Waals surface area contributed by atoms with Crippen molar-refractivity contribution in [2.75, 3.05) is 6.54 Å². The van der Waals surface area contributed by atoms with E-state index in [1.165, 1.54) is 0 Å². The second-order valence-electron chi connectivity index (χ2n) is 3.02. The Bertz CT molecular complexity index is 440. The average molecular weight is 186 g/mol. The lowest BCUT2D eigenvalue weighted by atomic mass is 10.0. The minimum atomic E-state index is -0.0172. The van der Waals surface area contributed by atoms with E-state index in [1.807, 2.05) is 18.2 Å². The Hall–Kier alpha value is -1.79. The van der Waals surface area contributed by atoms with Gasteiger partial charge in [0.05, 0.1) is 6.54 Å². The zero-order chi connectivity index (χ0) is 9.97. The van der Waals surface area contributed by atoms with Crippen LogP contribution in [-0.4, -0.2) is 12.5 Å². The normalized spacial score (nSPS) is 12.8. The first-order valence-corrected chi connectivity index (χ1v) is 4.42. The van der Waals surface area contributed by atoms with E-state index in [1.54, 1.807) is 0 Å². The van der Waals surface area contributed by atoms with Gasteiger partial charge in [-0.15, -0.1) is 0 Å². The van der Waals surface area contributed by atoms with Crippen molar-refractivity contribution in [3.63, 3.8) is 0 Å². The highest BCUT2D eigenvalue weighted by molar-refractivity contribution is 5.98. The van der Waals surface area contributed by atoms with Gasteiger partial charge < -0.3 is 11.1 Å². The van der Waals surface area contributed by atoms with Crippen LogP contribution in [0, 0.1) is 11.8 Å². The van der Waals surface area contributed by atoms with E-state index >= 15 is 0 Å². The summed E-state index contributed by atoms with van der Waals surface area (Å²) in [6.45, 7) is 0.911. The zero-order valence-corrected chi connectivity index (χ0v) is 7.63. The molecule has 0 aromatic heterocycles. The summed E-state index contributed by atoms with van der Waals surface area (Å²) in [5.74, 6) is 5.73. The van der Waals surface area contributed by atoms with Crippen LogP contribution in [0.1, 0.15) is 21.5 Å². The van der Waals surface area contributed by atoms with Crippen molar-refractivity contribution in [2.24, 2.45) is 5.73 Å². The quantitative estimate of drug-likeness (QED) is 0.570. The number of hydrogen-bond acceptors (Lipinski definition) is 2. The van der Waals surface area contributed by atoms with E-state index in [2.05, 4.69) is 17.2 Å². The van der Waals surface area contributed by atoms with Gasteiger partial charge in [0, 0.05) is 17.7 Å². The number of nitrogens with one attached hydrogen (secondary N) is 1. The van der Waals surface area contributed by atoms with E-state index in [0.29, 0.717) is 13.1 Å². The number of nitrogens with two attached hydrogens (primary N) is 1. The zero-order valence-electron chi connectivity index (χ0n) is 7.63. The molecular weight excluding hydrogens is 176 g/mol. The molecular formula is C11H10N2O. The maximum absolute atomic E-state index is 11.3. The molecule has 0 atom stereocenters. The van der Waals surface area contributed by atoms with Crippen molar-refractivity contribution in [3.05, 3.63) is 34.9 Å². The van der Waals surface area contributed by atoms with Crippen LogP contribution in [-0.2, 0) is 6.54 Å². The molecule has 0 aliphatic carbocycles. The molecule has 0 unspecified atom stereocenters. The molecule has 0 saturated heterocycles. The van der Waals surface area contributed by atoms with E-state index in [4.69, 9.17) is 5.73 Å². The average Bonchev–Trinajstić information content (AvgIpc) is 2.58. The van der Waals surface area contributed by atoms with E-state index in [9.17, 15) is 4.79 Å². The third-order valence-electron chi connectivity index (χ3n) is 2.17. The number of hydrogen-bond donors (Lipinski definition) is 2. The van der Waals surface area contributed by atoms with E-state index in [0.717, 1.165) is 16.7 Å². The summed E-state index contributed by atoms with van der Waals surface area (Å²) in [6.07, 6.45) is 0. The Balaban J connectivity index is 2.49. The maximum Gasteiger partial charge on any atom is 0.251 e. The molecule has 3 N–H and O–H groups in total. The van der Waals surface area contributed by atoms with E-state index in [-0.39, 0.29) is 5.91 Å². The lowest BCUT2D eigenvalue weighted by molar-refractivity contribution is 0.0966. The maximum atomic E-state index is 11.3. The van der Waals surface area contributed by atoms with Gasteiger partial charge in [-0.2, -0.15) is 0 Å². The second-order valence-corrected chi connectivity index (χ2v) is 3.02. The van der Waals surface area contributed by atoms with Gasteiger partial charge in [0.1, 0.15) is 0 Å². The highest BCUT2D eigenvalue weighted by Crippen LogP contribution is 2.18. The third-order valence-corrected chi connectivity index (χ3v) is 2.17. The Morgan fingerprint density at radius 3 is 3.14 bits per heavy atom. The van der Waals surface area contributed by atoms with Crippen LogP contribution in [0.3, 0.4) is 0 Å². The largest absolute Gasteiger partial charge is 0.348 e. The fraction of sp³-hybridized carbons (Fsp3) is 0.182. The minimum absolute atomic E-state index is 0.0172. The van der Waals surface area contributed by atoms with Crippen molar-refractivity contribution in [2.45, 2.75) is 6.54 Å². The predicted molar refractivity (Wildman–Crippen MR) is 53.5 cm³/mol. The first kappa shape index (κ1) is 8.79. The summed E-state index contributed by atoms with van der Waals surface area (Å²) in [4.78, 5) is 11.3. The van der Waals surface area contributed by atoms with Crippen LogP contribution < -0.4 is 11.1 Å². The van der Waals surface area contributed by atoms with Gasteiger partial charge in [0.25, 0.3) is 5.91 Å². The molecule has 1 aromatic carbocycles. The van der Waals surface area contributed by atoms with Crippen LogP contribution in [0.25, 0.3) is 0 Å². The number of rotatable bonds is 0. The minimum Gasteiger partial charge on any atom is -0.348 e. The van der Waals surface area contributed by atoms with Crippen LogP contribution in [0.15, 0.2) is 18.2 Å². The molecule has 1 aliphatic heterocycles. The molecule has 1 heterocycles. The fourth-order valence-corrected chi connectivity index (χ4v) is 1.52. The predicted octanol–water partition coefficient (Wildman–Crippen LogP) is 0.240. The van der Waals surface area contributed by atoms with Gasteiger partial charge in [-0.3, -0.25) is 4.79 Å². The molecule has 1 aromatic rings. The third kappa shape index (κ3) is 1.36. The second kappa shape index (κ2) is 3.52. The van der Waals surface area contributed by atoms with Crippen LogP contribution in [0.5, 0.6) is 0 Å². The SMILES string of the molecule is NCC#Cc1cccc2c1CNC2=O. The smallest absolute Gasteiger partial charge is 0.251 e. The van der Waals surface area contributed by atoms with Crippen molar-refractivity contribution >= 4 is 5.91 Å². The highest BCUT2D eigenvalue weighted by atomic mass is 16.1. The molecule has 1 amide bonds. The molecule has 3 nitrogen and oxygen atoms in total. The Labute approximate surface area is 82.3 Å². The van der Waals surface area contributed by atoms with E-state index < -0.39 is 0 Å². The molecule has 0 fully saturated rings. The Kier molecular flexibility index (Phi) is 2.21. The van der Waals surface area contributed by atoms with Gasteiger partial charge in [0.15, 0.2) is 0 Å². The first-order valence-electron chi connectivity index (χ1n) is 4.42. The summed E-state index contributed by atoms with van der Waals surface area (Å²) in [5, 5.41) is 2.76. The monoisotopic (exact) mass is 186 g/mol. The summed E-state index contributed by atoms with van der Waals surface area (Å²) in [6, 6.07) is 5.55. The van der Waals surface area contributed by atoms with Crippen molar-refractivity contribution < 1.29 is 4.79 Å². The molecule has 0 radical (unpaired) electrons. The number of amides is 1. The molecule has 70 valence electrons. The standard InChI is InChI=1S/C11H10N2O/c12-6-2-4-8-3-1-5-9-10(8)7-13-11(9)14/h1,3,5H,6-7,12H2,(H,13,14). The summed E-state index contributed by atoms with van der Waals surface area (Å²) in [7, 11) is 0. The van der Waals surface area contributed by atoms with Crippen molar-refractivity contribution in [1.82, 2.24) is 5.32 Å². The van der Waals surface area contributed by atoms with Gasteiger partial charge in [-0.25, -0.2) is 0 Å². The summed E-state index contributed by atoms with van der Waals surface area (Å²) in [5.41, 5.74) is 7.90. The highest BCUT2D eigenvalue weighted by Gasteiger charge is 2.19. The molecule has 3 heteroatoms.